The van der Waals surface area contributed by atoms with Crippen molar-refractivity contribution in [2.45, 2.75) is 39.0 Å². The van der Waals surface area contributed by atoms with Crippen LogP contribution in [0, 0.1) is 24.2 Å². The van der Waals surface area contributed by atoms with Crippen LogP contribution in [-0.2, 0) is 0 Å². The zero-order chi connectivity index (χ0) is 13.5. The maximum atomic E-state index is 8.52. The van der Waals surface area contributed by atoms with E-state index in [4.69, 9.17) is 5.26 Å². The van der Waals surface area contributed by atoms with Crippen molar-refractivity contribution >= 4 is 11.6 Å². The van der Waals surface area contributed by atoms with Crippen LogP contribution < -0.4 is 10.6 Å². The Morgan fingerprint density at radius 2 is 1.95 bits per heavy atom. The molecule has 0 atom stereocenters. The van der Waals surface area contributed by atoms with E-state index in [0.29, 0.717) is 13.0 Å². The van der Waals surface area contributed by atoms with Crippen LogP contribution in [0.5, 0.6) is 0 Å². The van der Waals surface area contributed by atoms with E-state index < -0.39 is 0 Å². The third kappa shape index (κ3) is 4.40. The van der Waals surface area contributed by atoms with Crippen molar-refractivity contribution in [1.82, 2.24) is 9.97 Å². The molecule has 0 radical (unpaired) electrons. The molecule has 5 nitrogen and oxygen atoms in total. The molecule has 102 valence electrons. The van der Waals surface area contributed by atoms with E-state index >= 15 is 0 Å². The highest BCUT2D eigenvalue weighted by Gasteiger charge is 2.16. The number of nitrogens with one attached hydrogen (secondary N) is 2. The van der Waals surface area contributed by atoms with E-state index in [2.05, 4.69) is 26.7 Å². The molecule has 0 aromatic carbocycles. The Bertz CT molecular complexity index is 448. The summed E-state index contributed by atoms with van der Waals surface area (Å²) in [7, 11) is 0. The molecule has 0 spiro atoms. The summed E-state index contributed by atoms with van der Waals surface area (Å²) in [6.07, 6.45) is 5.86. The first-order valence-corrected chi connectivity index (χ1v) is 6.98. The van der Waals surface area contributed by atoms with Crippen molar-refractivity contribution in [2.24, 2.45) is 5.92 Å². The Hall–Kier alpha value is -1.83. The van der Waals surface area contributed by atoms with Gasteiger partial charge in [-0.3, -0.25) is 0 Å². The van der Waals surface area contributed by atoms with Gasteiger partial charge in [-0.05, 0) is 19.3 Å². The maximum absolute atomic E-state index is 8.52. The monoisotopic (exact) mass is 259 g/mol. The molecule has 1 heterocycles. The zero-order valence-corrected chi connectivity index (χ0v) is 11.4. The lowest BCUT2D eigenvalue weighted by atomic mass is 9.83. The van der Waals surface area contributed by atoms with Gasteiger partial charge in [-0.1, -0.05) is 19.3 Å². The van der Waals surface area contributed by atoms with Gasteiger partial charge in [-0.2, -0.15) is 5.26 Å². The fraction of sp³-hybridized carbons (Fsp3) is 0.643. The molecule has 1 aromatic heterocycles. The molecule has 1 aromatic rings. The maximum Gasteiger partial charge on any atom is 0.131 e. The number of nitriles is 1. The average Bonchev–Trinajstić information content (AvgIpc) is 2.32. The molecular formula is C14H21N5. The first kappa shape index (κ1) is 13.6. The van der Waals surface area contributed by atoms with Crippen molar-refractivity contribution in [3.8, 4) is 6.07 Å². The van der Waals surface area contributed by atoms with E-state index in [1.54, 1.807) is 0 Å². The highest BCUT2D eigenvalue weighted by Crippen LogP contribution is 2.29. The first-order chi connectivity index (χ1) is 9.28. The lowest BCUT2D eigenvalue weighted by molar-refractivity contribution is 0.303. The van der Waals surface area contributed by atoms with E-state index in [1.165, 1.54) is 25.7 Å². The molecule has 0 saturated heterocycles. The molecule has 1 fully saturated rings. The largest absolute Gasteiger partial charge is 0.370 e. The second-order valence-corrected chi connectivity index (χ2v) is 5.03. The summed E-state index contributed by atoms with van der Waals surface area (Å²) in [6, 6.07) is 4.01. The second-order valence-electron chi connectivity index (χ2n) is 5.03. The molecule has 0 aliphatic heterocycles. The molecule has 0 bridgehead atoms. The Balaban J connectivity index is 1.82. The van der Waals surface area contributed by atoms with Gasteiger partial charge in [0, 0.05) is 19.2 Å². The summed E-state index contributed by atoms with van der Waals surface area (Å²) >= 11 is 0. The minimum atomic E-state index is 0.480. The van der Waals surface area contributed by atoms with Crippen LogP contribution >= 0.6 is 0 Å². The number of hydrogen-bond acceptors (Lipinski definition) is 5. The highest BCUT2D eigenvalue weighted by molar-refractivity contribution is 5.47. The number of aryl methyl sites for hydroxylation is 1. The predicted octanol–water partition coefficient (Wildman–Crippen LogP) is 2.71. The van der Waals surface area contributed by atoms with Crippen molar-refractivity contribution < 1.29 is 0 Å². The summed E-state index contributed by atoms with van der Waals surface area (Å²) in [5.74, 6) is 3.30. The minimum Gasteiger partial charge on any atom is -0.370 e. The Kier molecular flexibility index (Phi) is 4.96. The minimum absolute atomic E-state index is 0.480. The van der Waals surface area contributed by atoms with Gasteiger partial charge in [0.1, 0.15) is 17.5 Å². The molecule has 1 aliphatic rings. The van der Waals surface area contributed by atoms with Crippen LogP contribution in [0.4, 0.5) is 11.6 Å². The number of rotatable bonds is 7. The Labute approximate surface area is 114 Å². The lowest BCUT2D eigenvalue weighted by Gasteiger charge is -2.25. The van der Waals surface area contributed by atoms with Crippen LogP contribution in [0.1, 0.15) is 37.9 Å². The van der Waals surface area contributed by atoms with Gasteiger partial charge in [0.05, 0.1) is 12.5 Å². The summed E-state index contributed by atoms with van der Waals surface area (Å²) in [6.45, 7) is 3.47. The summed E-state index contributed by atoms with van der Waals surface area (Å²) in [5, 5.41) is 15.0. The zero-order valence-electron chi connectivity index (χ0n) is 11.4. The molecule has 5 heteroatoms. The summed E-state index contributed by atoms with van der Waals surface area (Å²) < 4.78 is 0. The van der Waals surface area contributed by atoms with Crippen molar-refractivity contribution in [2.75, 3.05) is 23.7 Å². The molecule has 0 unspecified atom stereocenters. The van der Waals surface area contributed by atoms with Gasteiger partial charge in [0.15, 0.2) is 0 Å². The topological polar surface area (TPSA) is 73.6 Å². The van der Waals surface area contributed by atoms with E-state index in [9.17, 15) is 0 Å². The molecule has 2 rings (SSSR count). The third-order valence-electron chi connectivity index (χ3n) is 3.46. The fourth-order valence-electron chi connectivity index (χ4n) is 2.18. The lowest BCUT2D eigenvalue weighted by Crippen LogP contribution is -2.16. The molecule has 1 aliphatic carbocycles. The SMILES string of the molecule is Cc1nc(NCCC#N)cc(NCCC2CCC2)n1. The predicted molar refractivity (Wildman–Crippen MR) is 75.9 cm³/mol. The van der Waals surface area contributed by atoms with Crippen LogP contribution in [-0.4, -0.2) is 23.1 Å². The average molecular weight is 259 g/mol. The molecule has 19 heavy (non-hydrogen) atoms. The molecule has 1 saturated carbocycles. The number of hydrogen-bond donors (Lipinski definition) is 2. The van der Waals surface area contributed by atoms with Crippen molar-refractivity contribution in [3.05, 3.63) is 11.9 Å². The second kappa shape index (κ2) is 6.93. The van der Waals surface area contributed by atoms with Crippen LogP contribution in [0.3, 0.4) is 0 Å². The third-order valence-corrected chi connectivity index (χ3v) is 3.46. The normalized spacial score (nSPS) is 14.5. The van der Waals surface area contributed by atoms with Crippen molar-refractivity contribution in [1.29, 1.82) is 5.26 Å². The van der Waals surface area contributed by atoms with E-state index in [-0.39, 0.29) is 0 Å². The van der Waals surface area contributed by atoms with Gasteiger partial charge in [0.2, 0.25) is 0 Å². The molecular weight excluding hydrogens is 238 g/mol. The van der Waals surface area contributed by atoms with Crippen LogP contribution in [0.25, 0.3) is 0 Å². The van der Waals surface area contributed by atoms with Crippen molar-refractivity contribution in [3.63, 3.8) is 0 Å². The summed E-state index contributed by atoms with van der Waals surface area (Å²) in [5.41, 5.74) is 0. The highest BCUT2D eigenvalue weighted by atomic mass is 15.1. The number of aromatic nitrogens is 2. The van der Waals surface area contributed by atoms with Gasteiger partial charge in [-0.25, -0.2) is 9.97 Å². The Morgan fingerprint density at radius 1 is 1.26 bits per heavy atom. The fourth-order valence-corrected chi connectivity index (χ4v) is 2.18. The number of nitrogens with zero attached hydrogens (tertiary/aromatic N) is 3. The smallest absolute Gasteiger partial charge is 0.131 e. The summed E-state index contributed by atoms with van der Waals surface area (Å²) in [4.78, 5) is 8.68. The van der Waals surface area contributed by atoms with Gasteiger partial charge in [0.25, 0.3) is 0 Å². The molecule has 2 N–H and O–H groups in total. The molecule has 0 amide bonds. The standard InChI is InChI=1S/C14H21N5/c1-11-18-13(16-8-3-7-15)10-14(19-11)17-9-6-12-4-2-5-12/h10,12H,2-6,8-9H2,1H3,(H2,16,17,18,19). The van der Waals surface area contributed by atoms with E-state index in [0.717, 1.165) is 29.9 Å². The van der Waals surface area contributed by atoms with Crippen LogP contribution in [0.2, 0.25) is 0 Å². The van der Waals surface area contributed by atoms with Gasteiger partial charge in [-0.15, -0.1) is 0 Å². The van der Waals surface area contributed by atoms with Gasteiger partial charge >= 0.3 is 0 Å². The number of anilines is 2. The quantitative estimate of drug-likeness (QED) is 0.736. The Morgan fingerprint density at radius 3 is 2.53 bits per heavy atom. The van der Waals surface area contributed by atoms with Crippen LogP contribution in [0.15, 0.2) is 6.07 Å². The first-order valence-electron chi connectivity index (χ1n) is 6.98. The van der Waals surface area contributed by atoms with Gasteiger partial charge < -0.3 is 10.6 Å². The van der Waals surface area contributed by atoms with E-state index in [1.807, 2.05) is 13.0 Å².